The zero-order chi connectivity index (χ0) is 37.5. The fraction of sp³-hybridized carbons (Fsp3) is 0.149. The predicted octanol–water partition coefficient (Wildman–Crippen LogP) is 14.1. The molecule has 0 saturated carbocycles. The number of nitrogens with zero attached hydrogens (tertiary/aromatic N) is 1. The van der Waals surface area contributed by atoms with Crippen LogP contribution in [0.5, 0.6) is 0 Å². The van der Waals surface area contributed by atoms with Crippen LogP contribution >= 0.6 is 28.7 Å². The number of thiol groups is 1. The Morgan fingerprint density at radius 2 is 0.750 bits per heavy atom. The summed E-state index contributed by atoms with van der Waals surface area (Å²) in [7, 11) is 3.34. The SMILES string of the molecule is CC1(C)c2cc3ccccc3cc2-c2cc3ccc(Br)cc3cc21.CC1(C)c2cc3ccccc3cc2-c2cc3ccccc3cc21.[2H]CF.[B]=NS. The van der Waals surface area contributed by atoms with Gasteiger partial charge in [-0.2, -0.15) is 0 Å². The van der Waals surface area contributed by atoms with E-state index in [0.29, 0.717) is 0 Å². The number of benzene rings is 8. The van der Waals surface area contributed by atoms with Crippen LogP contribution in [0.2, 0.25) is 0 Å². The van der Waals surface area contributed by atoms with Crippen molar-refractivity contribution in [2.45, 2.75) is 38.5 Å². The first-order chi connectivity index (χ1) is 25.5. The van der Waals surface area contributed by atoms with E-state index in [4.69, 9.17) is 1.37 Å². The minimum atomic E-state index is -1.00. The van der Waals surface area contributed by atoms with Crippen molar-refractivity contribution in [1.82, 2.24) is 0 Å². The molecule has 0 spiro atoms. The summed E-state index contributed by atoms with van der Waals surface area (Å²) in [6.07, 6.45) is 0. The third kappa shape index (κ3) is 6.08. The molecule has 1 nitrogen and oxygen atoms in total. The van der Waals surface area contributed by atoms with Crippen molar-refractivity contribution in [1.29, 1.82) is 0 Å². The Kier molecular flexibility index (Phi) is 9.36. The summed E-state index contributed by atoms with van der Waals surface area (Å²) < 4.78 is 19.3. The van der Waals surface area contributed by atoms with E-state index in [2.05, 4.69) is 208 Å². The molecule has 0 N–H and O–H groups in total. The van der Waals surface area contributed by atoms with Gasteiger partial charge in [-0.1, -0.05) is 122 Å². The van der Waals surface area contributed by atoms with Crippen LogP contribution in [0.15, 0.2) is 148 Å². The van der Waals surface area contributed by atoms with E-state index in [1.807, 2.05) is 0 Å². The Morgan fingerprint density at radius 1 is 0.500 bits per heavy atom. The van der Waals surface area contributed by atoms with Gasteiger partial charge in [0.15, 0.2) is 0 Å². The van der Waals surface area contributed by atoms with Crippen molar-refractivity contribution in [2.24, 2.45) is 4.30 Å². The van der Waals surface area contributed by atoms with Gasteiger partial charge in [-0.25, -0.2) is 0 Å². The van der Waals surface area contributed by atoms with Crippen LogP contribution in [0.4, 0.5) is 4.39 Å². The monoisotopic (exact) mass is 759 g/mol. The quantitative estimate of drug-likeness (QED) is 0.117. The summed E-state index contributed by atoms with van der Waals surface area (Å²) in [5.74, 6) is 0. The first-order valence-corrected chi connectivity index (χ1v) is 18.4. The van der Waals surface area contributed by atoms with Gasteiger partial charge in [-0.15, -0.1) is 0 Å². The summed E-state index contributed by atoms with van der Waals surface area (Å²) in [4.78, 5) is 0. The second-order valence-electron chi connectivity index (χ2n) is 14.5. The Bertz CT molecular complexity index is 2600. The van der Waals surface area contributed by atoms with Gasteiger partial charge in [0, 0.05) is 15.3 Å². The maximum absolute atomic E-state index is 9.96. The van der Waals surface area contributed by atoms with Gasteiger partial charge in [-0.05, 0) is 148 Å². The second-order valence-corrected chi connectivity index (χ2v) is 15.6. The third-order valence-corrected chi connectivity index (χ3v) is 11.4. The predicted molar refractivity (Wildman–Crippen MR) is 230 cm³/mol. The van der Waals surface area contributed by atoms with Crippen LogP contribution in [-0.2, 0) is 10.8 Å². The molecular weight excluding hydrogens is 720 g/mol. The van der Waals surface area contributed by atoms with E-state index in [1.54, 1.807) is 0 Å². The molecule has 2 aliphatic carbocycles. The van der Waals surface area contributed by atoms with Crippen LogP contribution < -0.4 is 0 Å². The van der Waals surface area contributed by atoms with E-state index in [0.717, 1.165) is 4.47 Å². The van der Waals surface area contributed by atoms with E-state index in [1.165, 1.54) is 87.6 Å². The summed E-state index contributed by atoms with van der Waals surface area (Å²) in [6.45, 7) is 9.38. The van der Waals surface area contributed by atoms with Crippen molar-refractivity contribution >= 4 is 79.5 Å². The van der Waals surface area contributed by atoms with Gasteiger partial charge in [-0.3, -0.25) is 4.39 Å². The molecule has 8 aromatic carbocycles. The minimum absolute atomic E-state index is 0.0329. The summed E-state index contributed by atoms with van der Waals surface area (Å²) in [5, 5.41) is 10.5. The van der Waals surface area contributed by atoms with Crippen molar-refractivity contribution < 1.29 is 5.76 Å². The molecule has 10 rings (SSSR count). The maximum atomic E-state index is 9.96. The van der Waals surface area contributed by atoms with Crippen LogP contribution in [0.3, 0.4) is 0 Å². The van der Waals surface area contributed by atoms with E-state index in [-0.39, 0.29) is 10.8 Å². The first-order valence-electron chi connectivity index (χ1n) is 18.0. The standard InChI is InChI=1S/C23H17Br.C23H18.CH3F.BHNS/c1-23(2)21-12-15-6-4-3-5-14(15)10-19(21)20-11-16-7-8-18(24)9-17(16)13-22(20)23;1-23(2)21-13-17-9-5-3-7-15(17)11-19(21)20-12-16-8-4-6-10-18(16)14-22(20)23;1-2;1-2-3/h3-13H,1-2H3;3-14H,1-2H3;1H3;3H/i;;1D;. The van der Waals surface area contributed by atoms with Crippen LogP contribution in [0.1, 0.15) is 51.3 Å². The normalized spacial score (nSPS) is 14.0. The molecule has 52 heavy (non-hydrogen) atoms. The molecule has 0 aromatic heterocycles. The van der Waals surface area contributed by atoms with Gasteiger partial charge in [0.2, 0.25) is 0 Å². The van der Waals surface area contributed by atoms with Gasteiger partial charge in [0.05, 0.1) is 8.52 Å². The topological polar surface area (TPSA) is 12.4 Å². The Balaban J connectivity index is 0.000000143. The average Bonchev–Trinajstić information content (AvgIpc) is 3.49. The van der Waals surface area contributed by atoms with Gasteiger partial charge in [0.25, 0.3) is 0 Å². The van der Waals surface area contributed by atoms with E-state index in [9.17, 15) is 4.39 Å². The Morgan fingerprint density at radius 3 is 1.06 bits per heavy atom. The number of fused-ring (bicyclic) bond motifs is 10. The number of rotatable bonds is 0. The summed E-state index contributed by atoms with van der Waals surface area (Å²) in [6, 6.07) is 51.5. The number of hydrogen-bond donors (Lipinski definition) is 1. The van der Waals surface area contributed by atoms with Gasteiger partial charge < -0.3 is 0 Å². The zero-order valence-corrected chi connectivity index (χ0v) is 32.2. The van der Waals surface area contributed by atoms with Crippen molar-refractivity contribution in [3.63, 3.8) is 0 Å². The molecule has 0 amide bonds. The molecule has 0 atom stereocenters. The molecule has 5 heteroatoms. The molecule has 0 fully saturated rings. The van der Waals surface area contributed by atoms with Gasteiger partial charge >= 0.3 is 24.8 Å². The number of alkyl halides is 1. The van der Waals surface area contributed by atoms with Crippen LogP contribution in [-0.4, -0.2) is 14.8 Å². The molecule has 0 unspecified atom stereocenters. The molecule has 255 valence electrons. The zero-order valence-electron chi connectivity index (χ0n) is 30.7. The second kappa shape index (κ2) is 14.1. The van der Waals surface area contributed by atoms with Crippen molar-refractivity contribution in [3.8, 4) is 22.3 Å². The molecule has 0 saturated heterocycles. The fourth-order valence-electron chi connectivity index (χ4n) is 8.24. The Hall–Kier alpha value is -4.58. The summed E-state index contributed by atoms with van der Waals surface area (Å²) >= 11 is 6.79. The van der Waals surface area contributed by atoms with E-state index < -0.39 is 7.15 Å². The molecule has 2 aliphatic rings. The number of halogens is 2. The van der Waals surface area contributed by atoms with Crippen LogP contribution in [0.25, 0.3) is 65.3 Å². The Labute approximate surface area is 322 Å². The molecule has 0 bridgehead atoms. The average molecular weight is 761 g/mol. The van der Waals surface area contributed by atoms with E-state index >= 15 is 0 Å². The van der Waals surface area contributed by atoms with Crippen molar-refractivity contribution in [3.05, 3.63) is 166 Å². The molecule has 0 heterocycles. The first kappa shape index (κ1) is 34.5. The summed E-state index contributed by atoms with van der Waals surface area (Å²) in [5.41, 5.74) is 11.4. The third-order valence-electron chi connectivity index (χ3n) is 10.9. The van der Waals surface area contributed by atoms with Gasteiger partial charge in [0.1, 0.15) is 0 Å². The van der Waals surface area contributed by atoms with Crippen LogP contribution in [0, 0.1) is 0 Å². The molecule has 8 aromatic rings. The van der Waals surface area contributed by atoms with Crippen molar-refractivity contribution in [2.75, 3.05) is 7.15 Å². The molecule has 1 radical (unpaired) electrons. The fourth-order valence-corrected chi connectivity index (χ4v) is 8.62. The number of hydrogen-bond acceptors (Lipinski definition) is 2. The molecular formula is C47H39BBrFNS. The molecule has 0 aliphatic heterocycles.